The van der Waals surface area contributed by atoms with Crippen molar-refractivity contribution in [3.05, 3.63) is 56.7 Å². The fraction of sp³-hybridized carbons (Fsp3) is 0. The monoisotopic (exact) mass is 262 g/mol. The Labute approximate surface area is 95.7 Å². The van der Waals surface area contributed by atoms with Gasteiger partial charge in [0.2, 0.25) is 0 Å². The van der Waals surface area contributed by atoms with Crippen LogP contribution < -0.4 is 0 Å². The largest absolute Gasteiger partial charge is 0.120 e. The highest BCUT2D eigenvalue weighted by molar-refractivity contribution is 9.11. The SMILES string of the molecule is Brc1ccc(C#Cc2ccccc2)s1. The molecule has 0 atom stereocenters. The van der Waals surface area contributed by atoms with Gasteiger partial charge in [0, 0.05) is 5.56 Å². The van der Waals surface area contributed by atoms with E-state index in [4.69, 9.17) is 0 Å². The number of rotatable bonds is 0. The van der Waals surface area contributed by atoms with Gasteiger partial charge in [0.25, 0.3) is 0 Å². The molecule has 2 aromatic rings. The average molecular weight is 263 g/mol. The van der Waals surface area contributed by atoms with E-state index in [2.05, 4.69) is 27.8 Å². The molecule has 0 bridgehead atoms. The van der Waals surface area contributed by atoms with Crippen LogP contribution in [0.4, 0.5) is 0 Å². The quantitative estimate of drug-likeness (QED) is 0.632. The van der Waals surface area contributed by atoms with Crippen molar-refractivity contribution >= 4 is 27.3 Å². The summed E-state index contributed by atoms with van der Waals surface area (Å²) in [6.45, 7) is 0. The molecule has 0 N–H and O–H groups in total. The molecule has 1 aromatic carbocycles. The Kier molecular flexibility index (Phi) is 3.03. The third kappa shape index (κ3) is 2.47. The first-order chi connectivity index (χ1) is 6.84. The molecule has 0 fully saturated rings. The molecule has 1 heterocycles. The van der Waals surface area contributed by atoms with Crippen LogP contribution in [0.2, 0.25) is 0 Å². The van der Waals surface area contributed by atoms with Crippen molar-refractivity contribution in [2.45, 2.75) is 0 Å². The van der Waals surface area contributed by atoms with Crippen LogP contribution >= 0.6 is 27.3 Å². The number of hydrogen-bond donors (Lipinski definition) is 0. The second-order valence-corrected chi connectivity index (χ2v) is 5.18. The van der Waals surface area contributed by atoms with Crippen LogP contribution in [0.1, 0.15) is 10.4 Å². The lowest BCUT2D eigenvalue weighted by Crippen LogP contribution is -1.70. The molecular formula is C12H7BrS. The molecule has 68 valence electrons. The smallest absolute Gasteiger partial charge is 0.0784 e. The molecule has 14 heavy (non-hydrogen) atoms. The van der Waals surface area contributed by atoms with Crippen LogP contribution in [0.15, 0.2) is 46.3 Å². The Hall–Kier alpha value is -1.04. The van der Waals surface area contributed by atoms with E-state index in [1.807, 2.05) is 42.5 Å². The number of thiophene rings is 1. The highest BCUT2D eigenvalue weighted by Gasteiger charge is 1.91. The van der Waals surface area contributed by atoms with E-state index in [1.165, 1.54) is 0 Å². The molecule has 0 saturated heterocycles. The minimum Gasteiger partial charge on any atom is -0.120 e. The average Bonchev–Trinajstić information content (AvgIpc) is 2.63. The zero-order valence-electron chi connectivity index (χ0n) is 7.33. The number of halogens is 1. The van der Waals surface area contributed by atoms with E-state index in [0.29, 0.717) is 0 Å². The molecular weight excluding hydrogens is 256 g/mol. The van der Waals surface area contributed by atoms with Crippen LogP contribution in [0.5, 0.6) is 0 Å². The van der Waals surface area contributed by atoms with Crippen molar-refractivity contribution in [1.29, 1.82) is 0 Å². The Morgan fingerprint density at radius 2 is 1.71 bits per heavy atom. The zero-order valence-corrected chi connectivity index (χ0v) is 9.73. The summed E-state index contributed by atoms with van der Waals surface area (Å²) in [6.07, 6.45) is 0. The second-order valence-electron chi connectivity index (χ2n) is 2.72. The van der Waals surface area contributed by atoms with Crippen molar-refractivity contribution in [2.75, 3.05) is 0 Å². The standard InChI is InChI=1S/C12H7BrS/c13-12-9-8-11(14-12)7-6-10-4-2-1-3-5-10/h1-5,8-9H. The molecule has 0 aliphatic carbocycles. The summed E-state index contributed by atoms with van der Waals surface area (Å²) in [5, 5.41) is 0. The van der Waals surface area contributed by atoms with Crippen LogP contribution in [0.3, 0.4) is 0 Å². The van der Waals surface area contributed by atoms with Gasteiger partial charge >= 0.3 is 0 Å². The highest BCUT2D eigenvalue weighted by atomic mass is 79.9. The first-order valence-corrected chi connectivity index (χ1v) is 5.78. The third-order valence-corrected chi connectivity index (χ3v) is 3.22. The maximum atomic E-state index is 3.41. The summed E-state index contributed by atoms with van der Waals surface area (Å²) in [6, 6.07) is 14.0. The van der Waals surface area contributed by atoms with E-state index in [0.717, 1.165) is 14.2 Å². The van der Waals surface area contributed by atoms with Gasteiger partial charge in [-0.25, -0.2) is 0 Å². The summed E-state index contributed by atoms with van der Waals surface area (Å²) in [4.78, 5) is 1.08. The van der Waals surface area contributed by atoms with Gasteiger partial charge in [-0.15, -0.1) is 11.3 Å². The molecule has 0 spiro atoms. The summed E-state index contributed by atoms with van der Waals surface area (Å²) in [5.41, 5.74) is 1.05. The molecule has 0 saturated carbocycles. The van der Waals surface area contributed by atoms with Gasteiger partial charge in [-0.05, 0) is 40.2 Å². The molecule has 0 aliphatic heterocycles. The number of benzene rings is 1. The van der Waals surface area contributed by atoms with Crippen LogP contribution in [-0.2, 0) is 0 Å². The molecule has 0 radical (unpaired) electrons. The van der Waals surface area contributed by atoms with Crippen molar-refractivity contribution in [3.8, 4) is 11.8 Å². The lowest BCUT2D eigenvalue weighted by atomic mass is 10.2. The van der Waals surface area contributed by atoms with Gasteiger partial charge in [-0.2, -0.15) is 0 Å². The van der Waals surface area contributed by atoms with Gasteiger partial charge in [0.15, 0.2) is 0 Å². The van der Waals surface area contributed by atoms with Crippen LogP contribution in [0, 0.1) is 11.8 Å². The molecule has 2 rings (SSSR count). The lowest BCUT2D eigenvalue weighted by molar-refractivity contribution is 1.65. The van der Waals surface area contributed by atoms with Gasteiger partial charge in [0.1, 0.15) is 0 Å². The molecule has 0 unspecified atom stereocenters. The first kappa shape index (κ1) is 9.51. The third-order valence-electron chi connectivity index (χ3n) is 1.68. The maximum absolute atomic E-state index is 3.41. The number of hydrogen-bond acceptors (Lipinski definition) is 1. The Balaban J connectivity index is 2.23. The highest BCUT2D eigenvalue weighted by Crippen LogP contribution is 2.20. The zero-order chi connectivity index (χ0) is 9.80. The van der Waals surface area contributed by atoms with E-state index in [1.54, 1.807) is 11.3 Å². The summed E-state index contributed by atoms with van der Waals surface area (Å²) in [7, 11) is 0. The van der Waals surface area contributed by atoms with Gasteiger partial charge in [0.05, 0.1) is 8.66 Å². The van der Waals surface area contributed by atoms with E-state index in [-0.39, 0.29) is 0 Å². The Bertz CT molecular complexity index is 474. The van der Waals surface area contributed by atoms with Crippen molar-refractivity contribution in [3.63, 3.8) is 0 Å². The van der Waals surface area contributed by atoms with E-state index >= 15 is 0 Å². The molecule has 2 heteroatoms. The van der Waals surface area contributed by atoms with Gasteiger partial charge in [-0.1, -0.05) is 30.0 Å². The van der Waals surface area contributed by atoms with E-state index < -0.39 is 0 Å². The van der Waals surface area contributed by atoms with Crippen LogP contribution in [-0.4, -0.2) is 0 Å². The Morgan fingerprint density at radius 1 is 0.929 bits per heavy atom. The predicted octanol–water partition coefficient (Wildman–Crippen LogP) is 3.91. The van der Waals surface area contributed by atoms with Crippen molar-refractivity contribution in [1.82, 2.24) is 0 Å². The molecule has 1 aromatic heterocycles. The fourth-order valence-corrected chi connectivity index (χ4v) is 2.28. The minimum atomic E-state index is 1.05. The molecule has 0 aliphatic rings. The summed E-state index contributed by atoms with van der Waals surface area (Å²) in [5.74, 6) is 6.23. The normalized spacial score (nSPS) is 9.21. The van der Waals surface area contributed by atoms with E-state index in [9.17, 15) is 0 Å². The van der Waals surface area contributed by atoms with Gasteiger partial charge in [-0.3, -0.25) is 0 Å². The maximum Gasteiger partial charge on any atom is 0.0784 e. The lowest BCUT2D eigenvalue weighted by Gasteiger charge is -1.85. The van der Waals surface area contributed by atoms with Crippen LogP contribution in [0.25, 0.3) is 0 Å². The van der Waals surface area contributed by atoms with Crippen molar-refractivity contribution < 1.29 is 0 Å². The first-order valence-electron chi connectivity index (χ1n) is 4.17. The molecule has 0 nitrogen and oxygen atoms in total. The summed E-state index contributed by atoms with van der Waals surface area (Å²) < 4.78 is 1.12. The summed E-state index contributed by atoms with van der Waals surface area (Å²) >= 11 is 5.06. The second kappa shape index (κ2) is 4.45. The Morgan fingerprint density at radius 3 is 2.36 bits per heavy atom. The van der Waals surface area contributed by atoms with Gasteiger partial charge < -0.3 is 0 Å². The van der Waals surface area contributed by atoms with Crippen molar-refractivity contribution in [2.24, 2.45) is 0 Å². The minimum absolute atomic E-state index is 1.05. The molecule has 0 amide bonds. The predicted molar refractivity (Wildman–Crippen MR) is 64.4 cm³/mol. The fourth-order valence-electron chi connectivity index (χ4n) is 1.04. The topological polar surface area (TPSA) is 0 Å².